The van der Waals surface area contributed by atoms with Gasteiger partial charge in [0.2, 0.25) is 0 Å². The molecule has 0 amide bonds. The molecule has 0 saturated heterocycles. The van der Waals surface area contributed by atoms with Gasteiger partial charge in [0.25, 0.3) is 0 Å². The predicted octanol–water partition coefficient (Wildman–Crippen LogP) is 1.08. The van der Waals surface area contributed by atoms with Crippen LogP contribution in [0, 0.1) is 6.92 Å². The van der Waals surface area contributed by atoms with Crippen molar-refractivity contribution in [3.05, 3.63) is 34.9 Å². The van der Waals surface area contributed by atoms with Gasteiger partial charge in [0, 0.05) is 6.54 Å². The largest absolute Gasteiger partial charge is 0.481 e. The van der Waals surface area contributed by atoms with E-state index >= 15 is 0 Å². The zero-order chi connectivity index (χ0) is 9.84. The van der Waals surface area contributed by atoms with Gasteiger partial charge in [-0.1, -0.05) is 18.2 Å². The van der Waals surface area contributed by atoms with Crippen LogP contribution in [0.5, 0.6) is 0 Å². The minimum Gasteiger partial charge on any atom is -0.481 e. The average molecular weight is 179 g/mol. The number of hydrogen-bond acceptors (Lipinski definition) is 2. The van der Waals surface area contributed by atoms with Gasteiger partial charge < -0.3 is 10.8 Å². The smallest absolute Gasteiger partial charge is 0.307 e. The fraction of sp³-hybridized carbons (Fsp3) is 0.300. The van der Waals surface area contributed by atoms with Gasteiger partial charge in [-0.25, -0.2) is 0 Å². The summed E-state index contributed by atoms with van der Waals surface area (Å²) in [6, 6.07) is 5.58. The van der Waals surface area contributed by atoms with Crippen LogP contribution in [0.4, 0.5) is 0 Å². The number of nitrogens with two attached hydrogens (primary N) is 1. The fourth-order valence-corrected chi connectivity index (χ4v) is 1.31. The van der Waals surface area contributed by atoms with Gasteiger partial charge in [-0.2, -0.15) is 0 Å². The summed E-state index contributed by atoms with van der Waals surface area (Å²) in [6.07, 6.45) is 0.0691. The first kappa shape index (κ1) is 9.74. The highest BCUT2D eigenvalue weighted by Gasteiger charge is 2.05. The molecule has 1 rings (SSSR count). The summed E-state index contributed by atoms with van der Waals surface area (Å²) < 4.78 is 0. The Balaban J connectivity index is 3.01. The Bertz CT molecular complexity index is 321. The molecule has 1 aromatic carbocycles. The van der Waals surface area contributed by atoms with Crippen LogP contribution in [-0.2, 0) is 17.8 Å². The first-order valence-electron chi connectivity index (χ1n) is 4.14. The van der Waals surface area contributed by atoms with Crippen molar-refractivity contribution < 1.29 is 9.90 Å². The molecule has 0 radical (unpaired) electrons. The Labute approximate surface area is 77.2 Å². The lowest BCUT2D eigenvalue weighted by Crippen LogP contribution is -2.06. The van der Waals surface area contributed by atoms with Gasteiger partial charge in [0.15, 0.2) is 0 Å². The number of aliphatic carboxylic acids is 1. The van der Waals surface area contributed by atoms with Crippen molar-refractivity contribution in [2.45, 2.75) is 19.9 Å². The Morgan fingerprint density at radius 3 is 2.62 bits per heavy atom. The normalized spacial score (nSPS) is 10.0. The Kier molecular flexibility index (Phi) is 3.03. The first-order valence-corrected chi connectivity index (χ1v) is 4.14. The van der Waals surface area contributed by atoms with Crippen LogP contribution in [0.15, 0.2) is 18.2 Å². The quantitative estimate of drug-likeness (QED) is 0.729. The number of carboxylic acids is 1. The van der Waals surface area contributed by atoms with E-state index < -0.39 is 5.97 Å². The fourth-order valence-electron chi connectivity index (χ4n) is 1.31. The average Bonchev–Trinajstić information content (AvgIpc) is 2.08. The van der Waals surface area contributed by atoms with Crippen LogP contribution >= 0.6 is 0 Å². The predicted molar refractivity (Wildman–Crippen MR) is 50.4 cm³/mol. The minimum atomic E-state index is -0.808. The summed E-state index contributed by atoms with van der Waals surface area (Å²) in [5.74, 6) is -0.808. The maximum Gasteiger partial charge on any atom is 0.307 e. The zero-order valence-corrected chi connectivity index (χ0v) is 7.58. The molecular formula is C10H13NO2. The molecule has 3 nitrogen and oxygen atoms in total. The molecule has 0 bridgehead atoms. The van der Waals surface area contributed by atoms with Crippen molar-refractivity contribution in [3.63, 3.8) is 0 Å². The third-order valence-electron chi connectivity index (χ3n) is 2.12. The number of hydrogen-bond donors (Lipinski definition) is 2. The summed E-state index contributed by atoms with van der Waals surface area (Å²) in [5, 5.41) is 8.62. The van der Waals surface area contributed by atoms with Crippen LogP contribution in [0.3, 0.4) is 0 Å². The molecule has 3 heteroatoms. The molecule has 0 aliphatic rings. The number of rotatable bonds is 3. The molecule has 0 atom stereocenters. The van der Waals surface area contributed by atoms with Crippen LogP contribution in [0.1, 0.15) is 16.7 Å². The summed E-state index contributed by atoms with van der Waals surface area (Å²) in [5.41, 5.74) is 8.35. The molecule has 3 N–H and O–H groups in total. The Hall–Kier alpha value is -1.35. The first-order chi connectivity index (χ1) is 6.15. The monoisotopic (exact) mass is 179 g/mol. The molecule has 0 fully saturated rings. The topological polar surface area (TPSA) is 63.3 Å². The molecule has 0 saturated carbocycles. The number of carboxylic acid groups (broad SMARTS) is 1. The van der Waals surface area contributed by atoms with Gasteiger partial charge in [0.05, 0.1) is 6.42 Å². The molecule has 0 unspecified atom stereocenters. The van der Waals surface area contributed by atoms with Gasteiger partial charge in [-0.05, 0) is 23.6 Å². The highest BCUT2D eigenvalue weighted by Crippen LogP contribution is 2.13. The van der Waals surface area contributed by atoms with E-state index in [0.29, 0.717) is 6.54 Å². The van der Waals surface area contributed by atoms with E-state index in [1.165, 1.54) is 0 Å². The minimum absolute atomic E-state index is 0.0691. The van der Waals surface area contributed by atoms with Gasteiger partial charge in [-0.3, -0.25) is 4.79 Å². The summed E-state index contributed by atoms with van der Waals surface area (Å²) in [6.45, 7) is 2.36. The SMILES string of the molecule is Cc1c(CN)cccc1CC(=O)O. The summed E-state index contributed by atoms with van der Waals surface area (Å²) >= 11 is 0. The van der Waals surface area contributed by atoms with Gasteiger partial charge >= 0.3 is 5.97 Å². The second-order valence-corrected chi connectivity index (χ2v) is 2.98. The molecule has 13 heavy (non-hydrogen) atoms. The lowest BCUT2D eigenvalue weighted by atomic mass is 10.0. The van der Waals surface area contributed by atoms with Crippen LogP contribution in [0.2, 0.25) is 0 Å². The lowest BCUT2D eigenvalue weighted by molar-refractivity contribution is -0.136. The highest BCUT2D eigenvalue weighted by atomic mass is 16.4. The van der Waals surface area contributed by atoms with E-state index in [2.05, 4.69) is 0 Å². The maximum atomic E-state index is 10.5. The van der Waals surface area contributed by atoms with Crippen molar-refractivity contribution in [2.75, 3.05) is 0 Å². The van der Waals surface area contributed by atoms with E-state index in [-0.39, 0.29) is 6.42 Å². The van der Waals surface area contributed by atoms with Crippen LogP contribution in [0.25, 0.3) is 0 Å². The zero-order valence-electron chi connectivity index (χ0n) is 7.58. The molecule has 70 valence electrons. The molecule has 0 aliphatic carbocycles. The van der Waals surface area contributed by atoms with Crippen LogP contribution in [-0.4, -0.2) is 11.1 Å². The van der Waals surface area contributed by atoms with Crippen molar-refractivity contribution >= 4 is 5.97 Å². The second-order valence-electron chi connectivity index (χ2n) is 2.98. The Morgan fingerprint density at radius 2 is 2.08 bits per heavy atom. The van der Waals surface area contributed by atoms with Crippen molar-refractivity contribution in [2.24, 2.45) is 5.73 Å². The molecular weight excluding hydrogens is 166 g/mol. The molecule has 0 aliphatic heterocycles. The van der Waals surface area contributed by atoms with Crippen LogP contribution < -0.4 is 5.73 Å². The van der Waals surface area contributed by atoms with Crippen molar-refractivity contribution in [3.8, 4) is 0 Å². The van der Waals surface area contributed by atoms with Gasteiger partial charge in [-0.15, -0.1) is 0 Å². The Morgan fingerprint density at radius 1 is 1.46 bits per heavy atom. The number of carbonyl (C=O) groups is 1. The molecule has 0 spiro atoms. The van der Waals surface area contributed by atoms with Crippen molar-refractivity contribution in [1.29, 1.82) is 0 Å². The molecule has 0 heterocycles. The maximum absolute atomic E-state index is 10.5. The molecule has 0 aromatic heterocycles. The van der Waals surface area contributed by atoms with Gasteiger partial charge in [0.1, 0.15) is 0 Å². The van der Waals surface area contributed by atoms with E-state index in [0.717, 1.165) is 16.7 Å². The van der Waals surface area contributed by atoms with E-state index in [9.17, 15) is 4.79 Å². The second kappa shape index (κ2) is 4.05. The number of benzene rings is 1. The summed E-state index contributed by atoms with van der Waals surface area (Å²) in [4.78, 5) is 10.5. The van der Waals surface area contributed by atoms with E-state index in [1.54, 1.807) is 0 Å². The highest BCUT2D eigenvalue weighted by molar-refractivity contribution is 5.70. The summed E-state index contributed by atoms with van der Waals surface area (Å²) in [7, 11) is 0. The third kappa shape index (κ3) is 2.29. The van der Waals surface area contributed by atoms with Crippen molar-refractivity contribution in [1.82, 2.24) is 0 Å². The van der Waals surface area contributed by atoms with E-state index in [1.807, 2.05) is 25.1 Å². The molecule has 1 aromatic rings. The van der Waals surface area contributed by atoms with E-state index in [4.69, 9.17) is 10.8 Å². The lowest BCUT2D eigenvalue weighted by Gasteiger charge is -2.07. The third-order valence-corrected chi connectivity index (χ3v) is 2.12. The standard InChI is InChI=1S/C10H13NO2/c1-7-8(5-10(12)13)3-2-4-9(7)6-11/h2-4H,5-6,11H2,1H3,(H,12,13).